The third-order valence-corrected chi connectivity index (χ3v) is 2.93. The van der Waals surface area contributed by atoms with E-state index >= 15 is 0 Å². The first-order chi connectivity index (χ1) is 8.58. The van der Waals surface area contributed by atoms with E-state index in [4.69, 9.17) is 0 Å². The number of hydrogen-bond donors (Lipinski definition) is 0. The summed E-state index contributed by atoms with van der Waals surface area (Å²) in [5.41, 5.74) is 0.375. The number of carbonyl (C=O) groups is 1. The molecule has 0 saturated carbocycles. The summed E-state index contributed by atoms with van der Waals surface area (Å²) in [7, 11) is 0. The maximum absolute atomic E-state index is 11.9. The standard InChI is InChI=1S/C13H18N2O3.ClH/c1-3-14(4-2)9-8-13(16)11-6-5-7-12(10-11)15(17)18;/h5-7,10H,3-4,8-9H2,1-2H3;1H. The van der Waals surface area contributed by atoms with Crippen molar-refractivity contribution in [2.75, 3.05) is 19.6 Å². The van der Waals surface area contributed by atoms with Crippen molar-refractivity contribution in [1.29, 1.82) is 0 Å². The van der Waals surface area contributed by atoms with Gasteiger partial charge in [0.15, 0.2) is 5.78 Å². The molecule has 0 aliphatic carbocycles. The molecule has 0 unspecified atom stereocenters. The molecule has 0 fully saturated rings. The average Bonchev–Trinajstić information content (AvgIpc) is 2.39. The number of ketones is 1. The largest absolute Gasteiger partial charge is 0.303 e. The molecule has 1 aromatic carbocycles. The predicted molar refractivity (Wildman–Crippen MR) is 77.1 cm³/mol. The molecule has 6 heteroatoms. The number of non-ortho nitro benzene ring substituents is 1. The van der Waals surface area contributed by atoms with Crippen molar-refractivity contribution in [1.82, 2.24) is 4.90 Å². The van der Waals surface area contributed by atoms with E-state index in [9.17, 15) is 14.9 Å². The van der Waals surface area contributed by atoms with Crippen LogP contribution in [0.25, 0.3) is 0 Å². The van der Waals surface area contributed by atoms with E-state index in [1.165, 1.54) is 12.1 Å². The van der Waals surface area contributed by atoms with Gasteiger partial charge in [-0.15, -0.1) is 12.4 Å². The molecule has 1 aromatic rings. The zero-order valence-corrected chi connectivity index (χ0v) is 12.0. The monoisotopic (exact) mass is 286 g/mol. The van der Waals surface area contributed by atoms with E-state index in [1.54, 1.807) is 12.1 Å². The maximum Gasteiger partial charge on any atom is 0.270 e. The highest BCUT2D eigenvalue weighted by atomic mass is 35.5. The number of nitro groups is 1. The molecule has 0 aromatic heterocycles. The number of benzene rings is 1. The molecule has 0 N–H and O–H groups in total. The van der Waals surface area contributed by atoms with Gasteiger partial charge in [0.05, 0.1) is 4.92 Å². The molecular weight excluding hydrogens is 268 g/mol. The normalized spacial score (nSPS) is 10.1. The van der Waals surface area contributed by atoms with Crippen LogP contribution >= 0.6 is 12.4 Å². The van der Waals surface area contributed by atoms with Gasteiger partial charge in [-0.1, -0.05) is 26.0 Å². The van der Waals surface area contributed by atoms with E-state index in [0.717, 1.165) is 13.1 Å². The highest BCUT2D eigenvalue weighted by Gasteiger charge is 2.12. The first-order valence-electron chi connectivity index (χ1n) is 6.08. The number of Topliss-reactive ketones (excluding diaryl/α,β-unsaturated/α-hetero) is 1. The van der Waals surface area contributed by atoms with Crippen LogP contribution in [0.15, 0.2) is 24.3 Å². The van der Waals surface area contributed by atoms with Gasteiger partial charge in [0.25, 0.3) is 5.69 Å². The van der Waals surface area contributed by atoms with E-state index in [-0.39, 0.29) is 23.9 Å². The first-order valence-corrected chi connectivity index (χ1v) is 6.08. The zero-order valence-electron chi connectivity index (χ0n) is 11.2. The molecule has 19 heavy (non-hydrogen) atoms. The van der Waals surface area contributed by atoms with Gasteiger partial charge >= 0.3 is 0 Å². The topological polar surface area (TPSA) is 63.5 Å². The molecule has 0 aliphatic heterocycles. The summed E-state index contributed by atoms with van der Waals surface area (Å²) in [6.45, 7) is 6.58. The molecule has 5 nitrogen and oxygen atoms in total. The van der Waals surface area contributed by atoms with Crippen LogP contribution in [0, 0.1) is 10.1 Å². The third-order valence-electron chi connectivity index (χ3n) is 2.93. The molecule has 1 rings (SSSR count). The smallest absolute Gasteiger partial charge is 0.270 e. The summed E-state index contributed by atoms with van der Waals surface area (Å²) in [5, 5.41) is 10.6. The highest BCUT2D eigenvalue weighted by Crippen LogP contribution is 2.14. The quantitative estimate of drug-likeness (QED) is 0.439. The predicted octanol–water partition coefficient (Wildman–Crippen LogP) is 2.93. The Kier molecular flexibility index (Phi) is 7.95. The number of halogens is 1. The molecule has 0 aliphatic rings. The van der Waals surface area contributed by atoms with Crippen molar-refractivity contribution in [3.05, 3.63) is 39.9 Å². The maximum atomic E-state index is 11.9. The molecule has 0 heterocycles. The fourth-order valence-electron chi connectivity index (χ4n) is 1.74. The van der Waals surface area contributed by atoms with Gasteiger partial charge in [0.1, 0.15) is 0 Å². The van der Waals surface area contributed by atoms with E-state index in [2.05, 4.69) is 4.90 Å². The molecule has 0 atom stereocenters. The molecule has 0 radical (unpaired) electrons. The van der Waals surface area contributed by atoms with Crippen LogP contribution in [0.1, 0.15) is 30.6 Å². The lowest BCUT2D eigenvalue weighted by molar-refractivity contribution is -0.384. The van der Waals surface area contributed by atoms with Crippen LogP contribution in [0.4, 0.5) is 5.69 Å². The number of carbonyl (C=O) groups excluding carboxylic acids is 1. The van der Waals surface area contributed by atoms with Crippen molar-refractivity contribution in [2.24, 2.45) is 0 Å². The first kappa shape index (κ1) is 17.5. The lowest BCUT2D eigenvalue weighted by Crippen LogP contribution is -2.25. The fraction of sp³-hybridized carbons (Fsp3) is 0.462. The van der Waals surface area contributed by atoms with Crippen LogP contribution in [0.5, 0.6) is 0 Å². The molecule has 0 amide bonds. The van der Waals surface area contributed by atoms with Crippen LogP contribution in [0.2, 0.25) is 0 Å². The summed E-state index contributed by atoms with van der Waals surface area (Å²) in [6.07, 6.45) is 0.392. The fourth-order valence-corrected chi connectivity index (χ4v) is 1.74. The Morgan fingerprint density at radius 2 is 1.95 bits per heavy atom. The Balaban J connectivity index is 0.00000324. The summed E-state index contributed by atoms with van der Waals surface area (Å²) in [5.74, 6) is -0.0504. The number of rotatable bonds is 7. The molecular formula is C13H19ClN2O3. The van der Waals surface area contributed by atoms with E-state index in [1.807, 2.05) is 13.8 Å². The van der Waals surface area contributed by atoms with Crippen LogP contribution in [0.3, 0.4) is 0 Å². The van der Waals surface area contributed by atoms with Gasteiger partial charge in [-0.3, -0.25) is 14.9 Å². The van der Waals surface area contributed by atoms with Gasteiger partial charge in [-0.05, 0) is 13.1 Å². The van der Waals surface area contributed by atoms with Crippen molar-refractivity contribution in [3.8, 4) is 0 Å². The molecule has 0 spiro atoms. The van der Waals surface area contributed by atoms with Gasteiger partial charge < -0.3 is 4.90 Å². The lowest BCUT2D eigenvalue weighted by Gasteiger charge is -2.16. The van der Waals surface area contributed by atoms with E-state index in [0.29, 0.717) is 18.5 Å². The summed E-state index contributed by atoms with van der Waals surface area (Å²) in [4.78, 5) is 24.2. The van der Waals surface area contributed by atoms with Crippen LogP contribution in [-0.4, -0.2) is 35.2 Å². The second kappa shape index (κ2) is 8.61. The van der Waals surface area contributed by atoms with Crippen molar-refractivity contribution < 1.29 is 9.72 Å². The second-order valence-corrected chi connectivity index (χ2v) is 4.01. The van der Waals surface area contributed by atoms with Gasteiger partial charge in [0, 0.05) is 30.7 Å². The van der Waals surface area contributed by atoms with Crippen molar-refractivity contribution in [3.63, 3.8) is 0 Å². The summed E-state index contributed by atoms with van der Waals surface area (Å²) < 4.78 is 0. The van der Waals surface area contributed by atoms with E-state index < -0.39 is 4.92 Å². The van der Waals surface area contributed by atoms with Gasteiger partial charge in [-0.25, -0.2) is 0 Å². The zero-order chi connectivity index (χ0) is 13.5. The number of nitro benzene ring substituents is 1. The minimum atomic E-state index is -0.485. The Bertz CT molecular complexity index is 434. The highest BCUT2D eigenvalue weighted by molar-refractivity contribution is 5.96. The summed E-state index contributed by atoms with van der Waals surface area (Å²) >= 11 is 0. The van der Waals surface area contributed by atoms with Crippen LogP contribution < -0.4 is 0 Å². The SMILES string of the molecule is CCN(CC)CCC(=O)c1cccc([N+](=O)[O-])c1.Cl. The molecule has 0 saturated heterocycles. The third kappa shape index (κ3) is 5.36. The Hall–Kier alpha value is -1.46. The van der Waals surface area contributed by atoms with Crippen molar-refractivity contribution in [2.45, 2.75) is 20.3 Å². The van der Waals surface area contributed by atoms with Gasteiger partial charge in [0.2, 0.25) is 0 Å². The Morgan fingerprint density at radius 3 is 2.47 bits per heavy atom. The Labute approximate surface area is 119 Å². The van der Waals surface area contributed by atoms with Crippen LogP contribution in [-0.2, 0) is 0 Å². The number of hydrogen-bond acceptors (Lipinski definition) is 4. The molecule has 106 valence electrons. The minimum absolute atomic E-state index is 0. The lowest BCUT2D eigenvalue weighted by atomic mass is 10.1. The molecule has 0 bridgehead atoms. The summed E-state index contributed by atoms with van der Waals surface area (Å²) in [6, 6.07) is 5.89. The second-order valence-electron chi connectivity index (χ2n) is 4.01. The van der Waals surface area contributed by atoms with Crippen molar-refractivity contribution >= 4 is 23.9 Å². The number of nitrogens with zero attached hydrogens (tertiary/aromatic N) is 2. The Morgan fingerprint density at radius 1 is 1.32 bits per heavy atom. The van der Waals surface area contributed by atoms with Gasteiger partial charge in [-0.2, -0.15) is 0 Å². The average molecular weight is 287 g/mol. The minimum Gasteiger partial charge on any atom is -0.303 e.